The molecule has 184 valence electrons. The van der Waals surface area contributed by atoms with Crippen LogP contribution in [0, 0.1) is 0 Å². The number of aliphatic hydroxyl groups excluding tert-OH is 1. The Balaban J connectivity index is 1.60. The summed E-state index contributed by atoms with van der Waals surface area (Å²) in [5, 5.41) is 14.2. The molecule has 2 aromatic rings. The zero-order valence-electron chi connectivity index (χ0n) is 19.0. The molecule has 1 aliphatic carbocycles. The van der Waals surface area contributed by atoms with E-state index < -0.39 is 16.5 Å². The molecule has 0 spiro atoms. The molecule has 4 rings (SSSR count). The number of aliphatic hydroxyl groups is 1. The van der Waals surface area contributed by atoms with E-state index >= 15 is 0 Å². The summed E-state index contributed by atoms with van der Waals surface area (Å²) in [6, 6.07) is 8.82. The number of aromatic nitrogens is 2. The number of ether oxygens (including phenoxy) is 1. The Morgan fingerprint density at radius 3 is 2.56 bits per heavy atom. The van der Waals surface area contributed by atoms with Crippen molar-refractivity contribution in [2.45, 2.75) is 31.1 Å². The van der Waals surface area contributed by atoms with Gasteiger partial charge < -0.3 is 29.9 Å². The zero-order chi connectivity index (χ0) is 24.0. The second-order valence-electron chi connectivity index (χ2n) is 8.65. The first kappa shape index (κ1) is 24.5. The normalized spacial score (nSPS) is 18.1. The number of benzene rings is 1. The van der Waals surface area contributed by atoms with Crippen molar-refractivity contribution in [3.63, 3.8) is 0 Å². The van der Waals surface area contributed by atoms with Gasteiger partial charge in [0.05, 0.1) is 18.9 Å². The van der Waals surface area contributed by atoms with Crippen LogP contribution in [0.1, 0.15) is 31.4 Å². The minimum atomic E-state index is -2.16. The molecule has 1 atom stereocenters. The van der Waals surface area contributed by atoms with Gasteiger partial charge in [-0.1, -0.05) is 17.5 Å². The summed E-state index contributed by atoms with van der Waals surface area (Å²) in [5.41, 5.74) is 1.69. The van der Waals surface area contributed by atoms with Gasteiger partial charge >= 0.3 is 6.03 Å². The van der Waals surface area contributed by atoms with Gasteiger partial charge in [-0.15, -0.1) is 0 Å². The number of anilines is 2. The fourth-order valence-corrected chi connectivity index (χ4v) is 5.14. The summed E-state index contributed by atoms with van der Waals surface area (Å²) in [4.78, 5) is 23.7. The summed E-state index contributed by atoms with van der Waals surface area (Å²) in [7, 11) is 0. The van der Waals surface area contributed by atoms with Crippen molar-refractivity contribution in [3.8, 4) is 11.4 Å². The van der Waals surface area contributed by atoms with Crippen molar-refractivity contribution in [1.29, 1.82) is 0 Å². The first-order valence-electron chi connectivity index (χ1n) is 11.5. The largest absolute Gasteiger partial charge is 0.772 e. The van der Waals surface area contributed by atoms with E-state index in [1.807, 2.05) is 18.2 Å². The number of hydrogen-bond acceptors (Lipinski definition) is 8. The third kappa shape index (κ3) is 5.90. The van der Waals surface area contributed by atoms with E-state index in [0.29, 0.717) is 50.8 Å². The van der Waals surface area contributed by atoms with Gasteiger partial charge in [0.2, 0.25) is 0 Å². The minimum Gasteiger partial charge on any atom is -0.772 e. The van der Waals surface area contributed by atoms with Crippen molar-refractivity contribution < 1.29 is 23.4 Å². The third-order valence-electron chi connectivity index (χ3n) is 6.32. The monoisotopic (exact) mass is 488 g/mol. The molecule has 1 aromatic heterocycles. The predicted molar refractivity (Wildman–Crippen MR) is 129 cm³/mol. The lowest BCUT2D eigenvalue weighted by molar-refractivity contribution is 0.122. The Morgan fingerprint density at radius 2 is 1.94 bits per heavy atom. The van der Waals surface area contributed by atoms with Crippen molar-refractivity contribution in [3.05, 3.63) is 36.0 Å². The highest BCUT2D eigenvalue weighted by Gasteiger charge is 2.41. The number of amides is 2. The number of urea groups is 1. The van der Waals surface area contributed by atoms with Crippen LogP contribution < -0.4 is 15.5 Å². The molecule has 10 nitrogen and oxygen atoms in total. The van der Waals surface area contributed by atoms with Crippen LogP contribution in [0.2, 0.25) is 0 Å². The second-order valence-corrected chi connectivity index (χ2v) is 9.55. The maximum atomic E-state index is 11.9. The van der Waals surface area contributed by atoms with Crippen LogP contribution in [0.15, 0.2) is 30.3 Å². The first-order chi connectivity index (χ1) is 16.5. The van der Waals surface area contributed by atoms with Gasteiger partial charge in [-0.25, -0.2) is 14.8 Å². The molecule has 0 bridgehead atoms. The average molecular weight is 489 g/mol. The lowest BCUT2D eigenvalue weighted by Gasteiger charge is -2.42. The Hall–Kier alpha value is -2.60. The summed E-state index contributed by atoms with van der Waals surface area (Å²) >= 11 is -2.16. The fraction of sp³-hybridized carbons (Fsp3) is 0.522. The quantitative estimate of drug-likeness (QED) is 0.359. The maximum absolute atomic E-state index is 11.9. The number of nitrogens with one attached hydrogen (secondary N) is 2. The Morgan fingerprint density at radius 1 is 1.21 bits per heavy atom. The number of nitrogens with zero attached hydrogens (tertiary/aromatic N) is 3. The summed E-state index contributed by atoms with van der Waals surface area (Å²) in [6.07, 6.45) is 3.04. The SMILES string of the molecule is O=C(NCCCO)Nc1ccc(-c2nc(N3CCOCC3)cc(C3(CS(=O)[O-])CCC3)n2)cc1. The number of carbonyl (C=O) groups is 1. The molecule has 1 saturated heterocycles. The molecule has 1 saturated carbocycles. The molecule has 34 heavy (non-hydrogen) atoms. The van der Waals surface area contributed by atoms with Gasteiger partial charge in [-0.2, -0.15) is 0 Å². The smallest absolute Gasteiger partial charge is 0.319 e. The molecule has 11 heteroatoms. The molecule has 1 unspecified atom stereocenters. The third-order valence-corrected chi connectivity index (χ3v) is 7.11. The van der Waals surface area contributed by atoms with E-state index in [2.05, 4.69) is 15.5 Å². The van der Waals surface area contributed by atoms with Crippen molar-refractivity contribution in [2.24, 2.45) is 0 Å². The number of rotatable bonds is 9. The predicted octanol–water partition coefficient (Wildman–Crippen LogP) is 1.78. The minimum absolute atomic E-state index is 0.0203. The Kier molecular flexibility index (Phi) is 8.09. The van der Waals surface area contributed by atoms with Crippen LogP contribution in [0.5, 0.6) is 0 Å². The lowest BCUT2D eigenvalue weighted by atomic mass is 9.68. The van der Waals surface area contributed by atoms with Crippen LogP contribution >= 0.6 is 0 Å². The molecule has 1 aliphatic heterocycles. The molecule has 2 heterocycles. The Labute approximate surface area is 201 Å². The molecular weight excluding hydrogens is 458 g/mol. The molecular formula is C23H30N5O5S-. The van der Waals surface area contributed by atoms with E-state index in [-0.39, 0.29) is 18.4 Å². The standard InChI is InChI=1S/C23H31N5O5S/c29-12-2-9-24-22(30)25-18-5-3-17(4-6-18)21-26-19(23(7-1-8-23)16-34(31)32)15-20(27-21)28-10-13-33-14-11-28/h3-6,15,29H,1-2,7-14,16H2,(H,31,32)(H2,24,25,30)/p-1. The van der Waals surface area contributed by atoms with Crippen molar-refractivity contribution >= 4 is 28.6 Å². The average Bonchev–Trinajstić information content (AvgIpc) is 2.82. The molecule has 0 radical (unpaired) electrons. The highest BCUT2D eigenvalue weighted by Crippen LogP contribution is 2.44. The van der Waals surface area contributed by atoms with Crippen molar-refractivity contribution in [2.75, 3.05) is 55.4 Å². The van der Waals surface area contributed by atoms with Crippen LogP contribution in [0.25, 0.3) is 11.4 Å². The molecule has 2 amide bonds. The Bertz CT molecular complexity index is 1010. The van der Waals surface area contributed by atoms with E-state index in [0.717, 1.165) is 36.3 Å². The lowest BCUT2D eigenvalue weighted by Crippen LogP contribution is -2.41. The van der Waals surface area contributed by atoms with E-state index in [1.165, 1.54) is 0 Å². The fourth-order valence-electron chi connectivity index (χ4n) is 4.25. The van der Waals surface area contributed by atoms with Gasteiger partial charge in [0.1, 0.15) is 5.82 Å². The summed E-state index contributed by atoms with van der Waals surface area (Å²) in [5.74, 6) is 1.36. The van der Waals surface area contributed by atoms with Gasteiger partial charge in [-0.05, 0) is 43.5 Å². The van der Waals surface area contributed by atoms with Crippen LogP contribution in [0.3, 0.4) is 0 Å². The van der Waals surface area contributed by atoms with E-state index in [4.69, 9.17) is 19.8 Å². The van der Waals surface area contributed by atoms with Crippen LogP contribution in [0.4, 0.5) is 16.3 Å². The highest BCUT2D eigenvalue weighted by molar-refractivity contribution is 7.79. The molecule has 1 aromatic carbocycles. The zero-order valence-corrected chi connectivity index (χ0v) is 19.8. The van der Waals surface area contributed by atoms with E-state index in [9.17, 15) is 13.6 Å². The number of carbonyl (C=O) groups excluding carboxylic acids is 1. The van der Waals surface area contributed by atoms with Gasteiger partial charge in [0.15, 0.2) is 5.82 Å². The number of morpholine rings is 1. The van der Waals surface area contributed by atoms with Crippen LogP contribution in [-0.2, 0) is 21.2 Å². The summed E-state index contributed by atoms with van der Waals surface area (Å²) in [6.45, 7) is 3.07. The molecule has 2 aliphatic rings. The van der Waals surface area contributed by atoms with E-state index in [1.54, 1.807) is 12.1 Å². The highest BCUT2D eigenvalue weighted by atomic mass is 32.2. The molecule has 3 N–H and O–H groups in total. The van der Waals surface area contributed by atoms with Gasteiger partial charge in [0.25, 0.3) is 0 Å². The molecule has 2 fully saturated rings. The first-order valence-corrected chi connectivity index (χ1v) is 12.8. The second kappa shape index (κ2) is 11.2. The van der Waals surface area contributed by atoms with Gasteiger partial charge in [0, 0.05) is 54.7 Å². The van der Waals surface area contributed by atoms with Crippen molar-refractivity contribution in [1.82, 2.24) is 15.3 Å². The maximum Gasteiger partial charge on any atom is 0.319 e. The number of hydrogen-bond donors (Lipinski definition) is 3. The van der Waals surface area contributed by atoms with Crippen LogP contribution in [-0.4, -0.2) is 75.1 Å². The summed E-state index contributed by atoms with van der Waals surface area (Å²) < 4.78 is 28.7. The topological polar surface area (TPSA) is 140 Å². The van der Waals surface area contributed by atoms with Gasteiger partial charge in [-0.3, -0.25) is 4.21 Å².